The van der Waals surface area contributed by atoms with Crippen molar-refractivity contribution in [2.24, 2.45) is 5.92 Å². The van der Waals surface area contributed by atoms with Crippen molar-refractivity contribution < 1.29 is 28.6 Å². The number of esters is 3. The van der Waals surface area contributed by atoms with Gasteiger partial charge in [-0.25, -0.2) is 0 Å². The third kappa shape index (κ3) is 53.2. The first-order valence-electron chi connectivity index (χ1n) is 29.4. The smallest absolute Gasteiger partial charge is 0.306 e. The molecule has 0 saturated heterocycles. The van der Waals surface area contributed by atoms with Gasteiger partial charge in [0, 0.05) is 19.3 Å². The molecule has 0 amide bonds. The minimum absolute atomic E-state index is 0.0616. The average molecular weight is 920 g/mol. The van der Waals surface area contributed by atoms with Gasteiger partial charge in [0.2, 0.25) is 0 Å². The van der Waals surface area contributed by atoms with E-state index in [1.165, 1.54) is 231 Å². The predicted molar refractivity (Wildman–Crippen MR) is 280 cm³/mol. The zero-order valence-corrected chi connectivity index (χ0v) is 44.5. The highest BCUT2D eigenvalue weighted by Gasteiger charge is 2.19. The molecule has 0 N–H and O–H groups in total. The van der Waals surface area contributed by atoms with Crippen molar-refractivity contribution >= 4 is 17.9 Å². The van der Waals surface area contributed by atoms with Crippen molar-refractivity contribution in [2.75, 3.05) is 13.2 Å². The molecule has 0 aliphatic heterocycles. The second kappa shape index (κ2) is 53.4. The lowest BCUT2D eigenvalue weighted by molar-refractivity contribution is -0.167. The molecule has 0 bridgehead atoms. The molecule has 0 aromatic rings. The lowest BCUT2D eigenvalue weighted by Gasteiger charge is -2.18. The maximum absolute atomic E-state index is 12.8. The van der Waals surface area contributed by atoms with E-state index in [-0.39, 0.29) is 31.1 Å². The minimum atomic E-state index is -0.761. The van der Waals surface area contributed by atoms with E-state index >= 15 is 0 Å². The third-order valence-electron chi connectivity index (χ3n) is 13.5. The molecular formula is C59H114O6. The summed E-state index contributed by atoms with van der Waals surface area (Å²) < 4.78 is 16.9. The lowest BCUT2D eigenvalue weighted by Crippen LogP contribution is -2.30. The van der Waals surface area contributed by atoms with Gasteiger partial charge in [-0.1, -0.05) is 297 Å². The van der Waals surface area contributed by atoms with Crippen LogP contribution in [0, 0.1) is 5.92 Å². The zero-order valence-electron chi connectivity index (χ0n) is 44.5. The maximum atomic E-state index is 12.8. The van der Waals surface area contributed by atoms with Crippen molar-refractivity contribution in [3.63, 3.8) is 0 Å². The van der Waals surface area contributed by atoms with E-state index in [9.17, 15) is 14.4 Å². The minimum Gasteiger partial charge on any atom is -0.462 e. The summed E-state index contributed by atoms with van der Waals surface area (Å²) in [6.07, 6.45) is 58.0. The molecule has 0 radical (unpaired) electrons. The molecule has 0 aliphatic rings. The number of carbonyl (C=O) groups is 3. The predicted octanol–water partition coefficient (Wildman–Crippen LogP) is 19.4. The number of hydrogen-bond donors (Lipinski definition) is 0. The summed E-state index contributed by atoms with van der Waals surface area (Å²) in [4.78, 5) is 38.1. The Balaban J connectivity index is 4.27. The Labute approximate surface area is 406 Å². The quantitative estimate of drug-likeness (QED) is 0.0344. The monoisotopic (exact) mass is 919 g/mol. The standard InChI is InChI=1S/C59H114O6/c1-5-7-9-11-13-15-17-19-20-21-22-27-30-34-38-42-46-50-57(60)63-53-56(65-59(62)52-48-44-40-36-32-25-18-16-14-12-10-8-6-2)54-64-58(61)51-47-43-39-35-31-28-24-23-26-29-33-37-41-45-49-55(3)4/h55-56H,5-54H2,1-4H3/t56-/m1/s1. The van der Waals surface area contributed by atoms with Crippen LogP contribution >= 0.6 is 0 Å². The van der Waals surface area contributed by atoms with Crippen molar-refractivity contribution in [1.29, 1.82) is 0 Å². The van der Waals surface area contributed by atoms with Crippen molar-refractivity contribution in [2.45, 2.75) is 342 Å². The molecule has 65 heavy (non-hydrogen) atoms. The van der Waals surface area contributed by atoms with Crippen molar-refractivity contribution in [1.82, 2.24) is 0 Å². The first kappa shape index (κ1) is 63.4. The van der Waals surface area contributed by atoms with E-state index in [4.69, 9.17) is 14.2 Å². The molecule has 0 unspecified atom stereocenters. The van der Waals surface area contributed by atoms with Crippen LogP contribution in [0.2, 0.25) is 0 Å². The summed E-state index contributed by atoms with van der Waals surface area (Å²) >= 11 is 0. The van der Waals surface area contributed by atoms with E-state index in [1.54, 1.807) is 0 Å². The molecule has 0 aliphatic carbocycles. The van der Waals surface area contributed by atoms with Crippen LogP contribution in [0.3, 0.4) is 0 Å². The second-order valence-corrected chi connectivity index (χ2v) is 20.8. The fraction of sp³-hybridized carbons (Fsp3) is 0.949. The largest absolute Gasteiger partial charge is 0.462 e. The maximum Gasteiger partial charge on any atom is 0.306 e. The van der Waals surface area contributed by atoms with Gasteiger partial charge < -0.3 is 14.2 Å². The Morgan fingerprint density at radius 1 is 0.292 bits per heavy atom. The molecule has 0 aromatic heterocycles. The van der Waals surface area contributed by atoms with Crippen LogP contribution in [0.1, 0.15) is 336 Å². The highest BCUT2D eigenvalue weighted by molar-refractivity contribution is 5.71. The van der Waals surface area contributed by atoms with E-state index in [0.29, 0.717) is 19.3 Å². The van der Waals surface area contributed by atoms with Gasteiger partial charge in [-0.2, -0.15) is 0 Å². The fourth-order valence-electron chi connectivity index (χ4n) is 9.10. The van der Waals surface area contributed by atoms with Crippen LogP contribution in [-0.4, -0.2) is 37.2 Å². The van der Waals surface area contributed by atoms with Crippen LogP contribution < -0.4 is 0 Å². The summed E-state index contributed by atoms with van der Waals surface area (Å²) in [5, 5.41) is 0. The summed E-state index contributed by atoms with van der Waals surface area (Å²) in [5.41, 5.74) is 0. The van der Waals surface area contributed by atoms with Gasteiger partial charge in [0.25, 0.3) is 0 Å². The molecule has 0 rings (SSSR count). The number of carbonyl (C=O) groups excluding carboxylic acids is 3. The first-order chi connectivity index (χ1) is 31.9. The van der Waals surface area contributed by atoms with Gasteiger partial charge in [0.05, 0.1) is 0 Å². The van der Waals surface area contributed by atoms with Gasteiger partial charge in [-0.3, -0.25) is 14.4 Å². The molecule has 386 valence electrons. The number of unbranched alkanes of at least 4 members (excludes halogenated alkanes) is 41. The van der Waals surface area contributed by atoms with Gasteiger partial charge >= 0.3 is 17.9 Å². The molecule has 0 saturated carbocycles. The van der Waals surface area contributed by atoms with Crippen LogP contribution in [0.25, 0.3) is 0 Å². The van der Waals surface area contributed by atoms with Gasteiger partial charge in [0.1, 0.15) is 13.2 Å². The normalized spacial score (nSPS) is 12.0. The molecular weight excluding hydrogens is 805 g/mol. The summed E-state index contributed by atoms with van der Waals surface area (Å²) in [6.45, 7) is 9.07. The highest BCUT2D eigenvalue weighted by atomic mass is 16.6. The van der Waals surface area contributed by atoms with Crippen LogP contribution in [0.15, 0.2) is 0 Å². The van der Waals surface area contributed by atoms with Crippen LogP contribution in [-0.2, 0) is 28.6 Å². The highest BCUT2D eigenvalue weighted by Crippen LogP contribution is 2.18. The number of ether oxygens (including phenoxy) is 3. The SMILES string of the molecule is CCCCCCCCCCCCCCCCCCCC(=O)OC[C@H](COC(=O)CCCCCCCCCCCCCCCCC(C)C)OC(=O)CCCCCCCCCCCCCCC. The van der Waals surface area contributed by atoms with Gasteiger partial charge in [0.15, 0.2) is 6.10 Å². The Morgan fingerprint density at radius 3 is 0.754 bits per heavy atom. The Kier molecular flexibility index (Phi) is 52.1. The Morgan fingerprint density at radius 2 is 0.508 bits per heavy atom. The first-order valence-corrected chi connectivity index (χ1v) is 29.4. The molecule has 0 fully saturated rings. The van der Waals surface area contributed by atoms with E-state index < -0.39 is 6.10 Å². The molecule has 0 aromatic carbocycles. The topological polar surface area (TPSA) is 78.9 Å². The van der Waals surface area contributed by atoms with E-state index in [0.717, 1.165) is 63.7 Å². The molecule has 0 spiro atoms. The van der Waals surface area contributed by atoms with E-state index in [1.807, 2.05) is 0 Å². The average Bonchev–Trinajstić information content (AvgIpc) is 3.29. The van der Waals surface area contributed by atoms with Gasteiger partial charge in [-0.15, -0.1) is 0 Å². The molecule has 0 heterocycles. The molecule has 6 nitrogen and oxygen atoms in total. The fourth-order valence-corrected chi connectivity index (χ4v) is 9.10. The third-order valence-corrected chi connectivity index (χ3v) is 13.5. The van der Waals surface area contributed by atoms with E-state index in [2.05, 4.69) is 27.7 Å². The lowest BCUT2D eigenvalue weighted by atomic mass is 10.0. The summed E-state index contributed by atoms with van der Waals surface area (Å²) in [6, 6.07) is 0. The summed E-state index contributed by atoms with van der Waals surface area (Å²) in [5.74, 6) is 0.0110. The number of rotatable bonds is 54. The molecule has 1 atom stereocenters. The molecule has 6 heteroatoms. The van der Waals surface area contributed by atoms with Crippen molar-refractivity contribution in [3.05, 3.63) is 0 Å². The summed E-state index contributed by atoms with van der Waals surface area (Å²) in [7, 11) is 0. The Bertz CT molecular complexity index is 980. The number of hydrogen-bond acceptors (Lipinski definition) is 6. The van der Waals surface area contributed by atoms with Crippen LogP contribution in [0.5, 0.6) is 0 Å². The zero-order chi connectivity index (χ0) is 47.4. The van der Waals surface area contributed by atoms with Crippen LogP contribution in [0.4, 0.5) is 0 Å². The van der Waals surface area contributed by atoms with Crippen molar-refractivity contribution in [3.8, 4) is 0 Å². The Hall–Kier alpha value is -1.59. The second-order valence-electron chi connectivity index (χ2n) is 20.8. The van der Waals surface area contributed by atoms with Gasteiger partial charge in [-0.05, 0) is 25.2 Å².